The Morgan fingerprint density at radius 2 is 1.24 bits per heavy atom. The van der Waals surface area contributed by atoms with Crippen LogP contribution in [0.5, 0.6) is 0 Å². The molecule has 8 nitrogen and oxygen atoms in total. The number of carboxylic acid groups (broad SMARTS) is 1. The van der Waals surface area contributed by atoms with Crippen LogP contribution in [0.15, 0.2) is 91.0 Å². The maximum Gasteiger partial charge on any atom is 0.336 e. The molecular weight excluding hydrogens is 651 g/mol. The third kappa shape index (κ3) is 15.6. The van der Waals surface area contributed by atoms with E-state index in [0.29, 0.717) is 25.2 Å². The predicted octanol–water partition coefficient (Wildman–Crippen LogP) is 7.55. The summed E-state index contributed by atoms with van der Waals surface area (Å²) in [6.07, 6.45) is -0.0955. The van der Waals surface area contributed by atoms with Crippen molar-refractivity contribution in [2.24, 2.45) is 0 Å². The molecule has 3 unspecified atom stereocenters. The van der Waals surface area contributed by atoms with Crippen LogP contribution in [-0.2, 0) is 36.6 Å². The fourth-order valence-corrected chi connectivity index (χ4v) is 6.81. The number of hydrogen-bond donors (Lipinski definition) is 2. The number of rotatable bonds is 24. The Hall–Kier alpha value is -2.97. The minimum atomic E-state index is -1.68. The van der Waals surface area contributed by atoms with Crippen LogP contribution in [0.1, 0.15) is 27.9 Å². The molecule has 0 spiro atoms. The molecule has 0 aliphatic rings. The van der Waals surface area contributed by atoms with E-state index in [2.05, 4.69) is 44.6 Å². The predicted molar refractivity (Wildman–Crippen MR) is 202 cm³/mol. The van der Waals surface area contributed by atoms with E-state index in [1.807, 2.05) is 78.9 Å². The van der Waals surface area contributed by atoms with Gasteiger partial charge in [-0.15, -0.1) is 0 Å². The second-order valence-corrected chi connectivity index (χ2v) is 26.4. The van der Waals surface area contributed by atoms with Crippen LogP contribution in [-0.4, -0.2) is 84.1 Å². The number of carbonyl (C=O) groups is 2. The van der Waals surface area contributed by atoms with E-state index >= 15 is 0 Å². The van der Waals surface area contributed by atoms with Crippen molar-refractivity contribution in [2.75, 3.05) is 33.3 Å². The average molecular weight is 708 g/mol. The Balaban J connectivity index is 1.95. The number of hydrogen-bond acceptors (Lipinski definition) is 7. The molecule has 0 radical (unpaired) electrons. The topological polar surface area (TPSA) is 103 Å². The lowest BCUT2D eigenvalue weighted by Crippen LogP contribution is -2.53. The first-order valence-electron chi connectivity index (χ1n) is 17.3. The van der Waals surface area contributed by atoms with Gasteiger partial charge in [-0.2, -0.15) is 0 Å². The quantitative estimate of drug-likeness (QED) is 0.0426. The van der Waals surface area contributed by atoms with Gasteiger partial charge >= 0.3 is 5.97 Å². The molecule has 0 saturated carbocycles. The van der Waals surface area contributed by atoms with Gasteiger partial charge in [-0.1, -0.05) is 130 Å². The van der Waals surface area contributed by atoms with E-state index in [-0.39, 0.29) is 38.8 Å². The fraction of sp³-hybridized carbons (Fsp3) is 0.487. The Bertz CT molecular complexity index is 1380. The highest BCUT2D eigenvalue weighted by Crippen LogP contribution is 2.29. The molecule has 0 aliphatic carbocycles. The summed E-state index contributed by atoms with van der Waals surface area (Å²) in [5.74, 6) is -1.16. The van der Waals surface area contributed by atoms with Crippen LogP contribution in [0.4, 0.5) is 0 Å². The van der Waals surface area contributed by atoms with E-state index in [1.54, 1.807) is 12.1 Å². The molecule has 0 heterocycles. The first-order chi connectivity index (χ1) is 23.3. The summed E-state index contributed by atoms with van der Waals surface area (Å²) >= 11 is 0. The van der Waals surface area contributed by atoms with Crippen molar-refractivity contribution in [1.29, 1.82) is 0 Å². The summed E-state index contributed by atoms with van der Waals surface area (Å²) in [7, 11) is -2.69. The van der Waals surface area contributed by atoms with E-state index in [4.69, 9.17) is 18.9 Å². The SMILES string of the molecule is C[Si](C)(C)CCOCOC(CC(Cc1ccccc1)(OCOCC[Si](C)(C)C)C(=O)O)C(Cc1ccccc1)NCC(=O)c1ccccc1. The van der Waals surface area contributed by atoms with Crippen molar-refractivity contribution >= 4 is 27.9 Å². The van der Waals surface area contributed by atoms with Crippen LogP contribution in [0.3, 0.4) is 0 Å². The number of nitrogens with one attached hydrogen (secondary N) is 1. The summed E-state index contributed by atoms with van der Waals surface area (Å²) in [4.78, 5) is 26.6. The second-order valence-electron chi connectivity index (χ2n) is 15.2. The number of benzene rings is 3. The lowest BCUT2D eigenvalue weighted by atomic mass is 9.85. The van der Waals surface area contributed by atoms with Crippen molar-refractivity contribution in [3.05, 3.63) is 108 Å². The maximum absolute atomic E-state index is 13.4. The smallest absolute Gasteiger partial charge is 0.336 e. The lowest BCUT2D eigenvalue weighted by Gasteiger charge is -2.36. The molecule has 0 aliphatic heterocycles. The van der Waals surface area contributed by atoms with Gasteiger partial charge in [0.25, 0.3) is 0 Å². The molecule has 3 aromatic carbocycles. The zero-order chi connectivity index (χ0) is 35.8. The average Bonchev–Trinajstić information content (AvgIpc) is 3.05. The summed E-state index contributed by atoms with van der Waals surface area (Å²) in [6, 6.07) is 30.0. The Labute approximate surface area is 295 Å². The van der Waals surface area contributed by atoms with Crippen LogP contribution < -0.4 is 5.32 Å². The van der Waals surface area contributed by atoms with Gasteiger partial charge in [0, 0.05) is 53.8 Å². The van der Waals surface area contributed by atoms with Crippen molar-refractivity contribution in [3.8, 4) is 0 Å². The van der Waals surface area contributed by atoms with Crippen molar-refractivity contribution < 1.29 is 33.6 Å². The minimum absolute atomic E-state index is 0.00395. The molecule has 49 heavy (non-hydrogen) atoms. The normalized spacial score (nSPS) is 14.6. The molecule has 3 aromatic rings. The molecule has 2 N–H and O–H groups in total. The number of aliphatic carboxylic acids is 1. The number of Topliss-reactive ketones (excluding diaryl/α,β-unsaturated/α-hetero) is 1. The standard InChI is InChI=1S/C39H57NO7Si2/c1-48(2,3)24-22-44-30-46-37(35(26-32-16-10-7-11-17-32)40-29-36(41)34-20-14-9-15-21-34)28-39(38(42)43,27-33-18-12-8-13-19-33)47-31-45-23-25-49(4,5)6/h7-21,35,37,40H,22-31H2,1-6H3,(H,42,43). The first kappa shape index (κ1) is 40.5. The molecule has 0 amide bonds. The summed E-state index contributed by atoms with van der Waals surface area (Å²) in [5, 5.41) is 14.4. The first-order valence-corrected chi connectivity index (χ1v) is 24.7. The Morgan fingerprint density at radius 1 is 0.735 bits per heavy atom. The summed E-state index contributed by atoms with van der Waals surface area (Å²) < 4.78 is 24.7. The van der Waals surface area contributed by atoms with E-state index in [0.717, 1.165) is 23.2 Å². The zero-order valence-corrected chi connectivity index (χ0v) is 32.3. The molecule has 0 fully saturated rings. The highest BCUT2D eigenvalue weighted by molar-refractivity contribution is 6.76. The number of ether oxygens (including phenoxy) is 4. The van der Waals surface area contributed by atoms with Gasteiger partial charge < -0.3 is 29.4 Å². The van der Waals surface area contributed by atoms with Crippen LogP contribution >= 0.6 is 0 Å². The summed E-state index contributed by atoms with van der Waals surface area (Å²) in [6.45, 7) is 14.6. The van der Waals surface area contributed by atoms with Gasteiger partial charge in [0.1, 0.15) is 13.6 Å². The highest BCUT2D eigenvalue weighted by atomic mass is 28.3. The van der Waals surface area contributed by atoms with E-state index in [9.17, 15) is 14.7 Å². The van der Waals surface area contributed by atoms with Crippen LogP contribution in [0.25, 0.3) is 0 Å². The zero-order valence-electron chi connectivity index (χ0n) is 30.3. The highest BCUT2D eigenvalue weighted by Gasteiger charge is 2.44. The molecule has 0 bridgehead atoms. The van der Waals surface area contributed by atoms with Crippen molar-refractivity contribution in [3.63, 3.8) is 0 Å². The van der Waals surface area contributed by atoms with Crippen LogP contribution in [0, 0.1) is 0 Å². The maximum atomic E-state index is 13.4. The second kappa shape index (κ2) is 20.0. The monoisotopic (exact) mass is 707 g/mol. The molecule has 0 saturated heterocycles. The van der Waals surface area contributed by atoms with Gasteiger partial charge in [0.2, 0.25) is 0 Å². The summed E-state index contributed by atoms with van der Waals surface area (Å²) in [5.41, 5.74) is 0.774. The third-order valence-corrected chi connectivity index (χ3v) is 11.8. The minimum Gasteiger partial charge on any atom is -0.479 e. The van der Waals surface area contributed by atoms with Gasteiger partial charge in [0.15, 0.2) is 11.4 Å². The number of carbonyl (C=O) groups excluding carboxylic acids is 1. The third-order valence-electron chi connectivity index (χ3n) is 8.40. The van der Waals surface area contributed by atoms with Gasteiger partial charge in [-0.25, -0.2) is 4.79 Å². The van der Waals surface area contributed by atoms with Gasteiger partial charge in [-0.3, -0.25) is 4.79 Å². The van der Waals surface area contributed by atoms with E-state index in [1.165, 1.54) is 0 Å². The molecule has 3 atom stereocenters. The van der Waals surface area contributed by atoms with Gasteiger partial charge in [0.05, 0.1) is 12.6 Å². The van der Waals surface area contributed by atoms with Gasteiger partial charge in [-0.05, 0) is 29.6 Å². The van der Waals surface area contributed by atoms with Crippen LogP contribution in [0.2, 0.25) is 51.4 Å². The Morgan fingerprint density at radius 3 is 1.78 bits per heavy atom. The molecule has 268 valence electrons. The molecule has 0 aromatic heterocycles. The fourth-order valence-electron chi connectivity index (χ4n) is 5.29. The van der Waals surface area contributed by atoms with E-state index < -0.39 is 39.9 Å². The van der Waals surface area contributed by atoms with Crippen molar-refractivity contribution in [2.45, 2.75) is 88.4 Å². The largest absolute Gasteiger partial charge is 0.479 e. The Kier molecular flexibility index (Phi) is 16.5. The van der Waals surface area contributed by atoms with Crippen molar-refractivity contribution in [1.82, 2.24) is 5.32 Å². The molecular formula is C39H57NO7Si2. The molecule has 10 heteroatoms. The lowest BCUT2D eigenvalue weighted by molar-refractivity contribution is -0.197. The number of ketones is 1. The number of carboxylic acids is 1. The molecule has 3 rings (SSSR count).